The highest BCUT2D eigenvalue weighted by Crippen LogP contribution is 2.21. The Balaban J connectivity index is 2.60. The van der Waals surface area contributed by atoms with Gasteiger partial charge in [0.2, 0.25) is 0 Å². The summed E-state index contributed by atoms with van der Waals surface area (Å²) in [6.07, 6.45) is 3.09. The maximum absolute atomic E-state index is 11.3. The minimum Gasteiger partial charge on any atom is -0.472 e. The van der Waals surface area contributed by atoms with Crippen molar-refractivity contribution in [3.63, 3.8) is 0 Å². The van der Waals surface area contributed by atoms with E-state index in [0.717, 1.165) is 0 Å². The van der Waals surface area contributed by atoms with Crippen molar-refractivity contribution in [2.24, 2.45) is 0 Å². The van der Waals surface area contributed by atoms with Crippen molar-refractivity contribution in [2.45, 2.75) is 6.10 Å². The van der Waals surface area contributed by atoms with Crippen LogP contribution in [0.15, 0.2) is 47.8 Å². The first-order valence-electron chi connectivity index (χ1n) is 4.33. The van der Waals surface area contributed by atoms with Crippen LogP contribution in [0.3, 0.4) is 0 Å². The van der Waals surface area contributed by atoms with Gasteiger partial charge in [0, 0.05) is 5.56 Å². The summed E-state index contributed by atoms with van der Waals surface area (Å²) in [4.78, 5) is 11.3. The number of furan rings is 1. The molecule has 1 N–H and O–H groups in total. The van der Waals surface area contributed by atoms with Crippen molar-refractivity contribution in [1.82, 2.24) is 0 Å². The minimum atomic E-state index is -1.10. The molecule has 0 spiro atoms. The van der Waals surface area contributed by atoms with Gasteiger partial charge < -0.3 is 14.3 Å². The van der Waals surface area contributed by atoms with Crippen LogP contribution in [0.5, 0.6) is 0 Å². The summed E-state index contributed by atoms with van der Waals surface area (Å²) in [6, 6.07) is 1.55. The van der Waals surface area contributed by atoms with Gasteiger partial charge in [-0.15, -0.1) is 0 Å². The smallest absolute Gasteiger partial charge is 0.336 e. The fraction of sp³-hybridized carbons (Fsp3) is 0.182. The van der Waals surface area contributed by atoms with Crippen LogP contribution in [0.25, 0.3) is 0 Å². The van der Waals surface area contributed by atoms with Crippen LogP contribution in [-0.2, 0) is 9.53 Å². The average Bonchev–Trinajstić information content (AvgIpc) is 2.77. The zero-order valence-corrected chi connectivity index (χ0v) is 8.18. The van der Waals surface area contributed by atoms with Crippen LogP contribution >= 0.6 is 0 Å². The second-order valence-electron chi connectivity index (χ2n) is 2.87. The van der Waals surface area contributed by atoms with Gasteiger partial charge in [-0.1, -0.05) is 19.2 Å². The monoisotopic (exact) mass is 208 g/mol. The molecule has 0 saturated carbocycles. The van der Waals surface area contributed by atoms with Gasteiger partial charge in [-0.25, -0.2) is 4.79 Å². The normalized spacial score (nSPS) is 11.8. The number of aliphatic hydroxyl groups excluding tert-OH is 1. The van der Waals surface area contributed by atoms with Gasteiger partial charge in [0.05, 0.1) is 18.1 Å². The van der Waals surface area contributed by atoms with Crippen molar-refractivity contribution >= 4 is 5.97 Å². The van der Waals surface area contributed by atoms with Crippen molar-refractivity contribution in [3.05, 3.63) is 49.0 Å². The third kappa shape index (κ3) is 2.82. The fourth-order valence-corrected chi connectivity index (χ4v) is 0.971. The van der Waals surface area contributed by atoms with Crippen LogP contribution in [0.1, 0.15) is 11.7 Å². The molecule has 1 rings (SSSR count). The van der Waals surface area contributed by atoms with Gasteiger partial charge >= 0.3 is 5.97 Å². The molecule has 0 aliphatic carbocycles. The van der Waals surface area contributed by atoms with Gasteiger partial charge in [0.15, 0.2) is 0 Å². The second kappa shape index (κ2) is 5.17. The lowest BCUT2D eigenvalue weighted by Gasteiger charge is -2.10. The topological polar surface area (TPSA) is 59.7 Å². The van der Waals surface area contributed by atoms with Gasteiger partial charge in [-0.2, -0.15) is 0 Å². The Morgan fingerprint density at radius 1 is 1.73 bits per heavy atom. The Bertz CT molecular complexity index is 351. The first kappa shape index (κ1) is 11.3. The maximum atomic E-state index is 11.3. The molecule has 0 amide bonds. The number of esters is 1. The highest BCUT2D eigenvalue weighted by Gasteiger charge is 2.20. The first-order chi connectivity index (χ1) is 7.16. The zero-order chi connectivity index (χ0) is 11.3. The Morgan fingerprint density at radius 3 is 3.00 bits per heavy atom. The average molecular weight is 208 g/mol. The van der Waals surface area contributed by atoms with E-state index in [1.54, 1.807) is 6.07 Å². The van der Waals surface area contributed by atoms with Gasteiger partial charge in [0.25, 0.3) is 0 Å². The number of hydrogen-bond acceptors (Lipinski definition) is 4. The van der Waals surface area contributed by atoms with E-state index in [0.29, 0.717) is 5.56 Å². The summed E-state index contributed by atoms with van der Waals surface area (Å²) in [5.74, 6) is -0.649. The van der Waals surface area contributed by atoms with Gasteiger partial charge in [-0.05, 0) is 6.07 Å². The molecule has 0 aliphatic rings. The number of carbonyl (C=O) groups excluding carboxylic acids is 1. The van der Waals surface area contributed by atoms with E-state index >= 15 is 0 Å². The Labute approximate surface area is 87.5 Å². The summed E-state index contributed by atoms with van der Waals surface area (Å²) in [7, 11) is 0. The highest BCUT2D eigenvalue weighted by molar-refractivity contribution is 5.89. The molecule has 0 saturated heterocycles. The lowest BCUT2D eigenvalue weighted by molar-refractivity contribution is -0.139. The van der Waals surface area contributed by atoms with Gasteiger partial charge in [-0.3, -0.25) is 0 Å². The number of hydrogen-bond donors (Lipinski definition) is 1. The third-order valence-electron chi connectivity index (χ3n) is 1.78. The van der Waals surface area contributed by atoms with Crippen molar-refractivity contribution < 1.29 is 19.1 Å². The fourth-order valence-electron chi connectivity index (χ4n) is 0.971. The Kier molecular flexibility index (Phi) is 3.88. The van der Waals surface area contributed by atoms with Crippen LogP contribution in [0.2, 0.25) is 0 Å². The minimum absolute atomic E-state index is 0.0294. The van der Waals surface area contributed by atoms with E-state index in [9.17, 15) is 9.90 Å². The SMILES string of the molecule is C=CCOC(=O)C(=C)C(O)c1ccoc1. The van der Waals surface area contributed by atoms with Crippen molar-refractivity contribution in [2.75, 3.05) is 6.61 Å². The van der Waals surface area contributed by atoms with Crippen LogP contribution < -0.4 is 0 Å². The molecule has 1 heterocycles. The van der Waals surface area contributed by atoms with Crippen LogP contribution in [0, 0.1) is 0 Å². The summed E-state index contributed by atoms with van der Waals surface area (Å²) >= 11 is 0. The number of rotatable bonds is 5. The molecule has 4 heteroatoms. The van der Waals surface area contributed by atoms with E-state index in [1.807, 2.05) is 0 Å². The number of aliphatic hydroxyl groups is 1. The molecule has 15 heavy (non-hydrogen) atoms. The summed E-state index contributed by atoms with van der Waals surface area (Å²) < 4.78 is 9.50. The first-order valence-corrected chi connectivity index (χ1v) is 4.33. The maximum Gasteiger partial charge on any atom is 0.336 e. The predicted molar refractivity (Wildman–Crippen MR) is 54.0 cm³/mol. The van der Waals surface area contributed by atoms with E-state index in [1.165, 1.54) is 18.6 Å². The molecule has 0 bridgehead atoms. The summed E-state index contributed by atoms with van der Waals surface area (Å²) in [5, 5.41) is 9.66. The van der Waals surface area contributed by atoms with Crippen LogP contribution in [-0.4, -0.2) is 17.7 Å². The molecule has 0 radical (unpaired) electrons. The Hall–Kier alpha value is -1.81. The molecule has 1 aromatic heterocycles. The molecule has 0 aliphatic heterocycles. The zero-order valence-electron chi connectivity index (χ0n) is 8.18. The van der Waals surface area contributed by atoms with Crippen molar-refractivity contribution in [1.29, 1.82) is 0 Å². The Morgan fingerprint density at radius 2 is 2.47 bits per heavy atom. The quantitative estimate of drug-likeness (QED) is 0.453. The summed E-state index contributed by atoms with van der Waals surface area (Å²) in [6.45, 7) is 6.96. The lowest BCUT2D eigenvalue weighted by atomic mass is 10.1. The molecular weight excluding hydrogens is 196 g/mol. The summed E-state index contributed by atoms with van der Waals surface area (Å²) in [5.41, 5.74) is 0.439. The highest BCUT2D eigenvalue weighted by atomic mass is 16.5. The number of ether oxygens (including phenoxy) is 1. The lowest BCUT2D eigenvalue weighted by Crippen LogP contribution is -2.13. The van der Waals surface area contributed by atoms with E-state index in [-0.39, 0.29) is 12.2 Å². The molecular formula is C11H12O4. The molecule has 1 unspecified atom stereocenters. The second-order valence-corrected chi connectivity index (χ2v) is 2.87. The largest absolute Gasteiger partial charge is 0.472 e. The van der Waals surface area contributed by atoms with E-state index < -0.39 is 12.1 Å². The third-order valence-corrected chi connectivity index (χ3v) is 1.78. The molecule has 1 atom stereocenters. The predicted octanol–water partition coefficient (Wildman–Crippen LogP) is 1.60. The molecule has 0 aromatic carbocycles. The molecule has 0 fully saturated rings. The van der Waals surface area contributed by atoms with Crippen LogP contribution in [0.4, 0.5) is 0 Å². The molecule has 1 aromatic rings. The van der Waals surface area contributed by atoms with Crippen molar-refractivity contribution in [3.8, 4) is 0 Å². The number of carbonyl (C=O) groups is 1. The molecule has 4 nitrogen and oxygen atoms in total. The standard InChI is InChI=1S/C11H12O4/c1-3-5-15-11(13)8(2)10(12)9-4-6-14-7-9/h3-4,6-7,10,12H,1-2,5H2. The van der Waals surface area contributed by atoms with Gasteiger partial charge in [0.1, 0.15) is 12.7 Å². The van der Waals surface area contributed by atoms with E-state index in [2.05, 4.69) is 13.2 Å². The van der Waals surface area contributed by atoms with E-state index in [4.69, 9.17) is 9.15 Å². The molecule has 80 valence electrons.